The Labute approximate surface area is 139 Å². The second-order valence-corrected chi connectivity index (χ2v) is 6.85. The van der Waals surface area contributed by atoms with Crippen molar-refractivity contribution in [2.24, 2.45) is 0 Å². The van der Waals surface area contributed by atoms with E-state index in [9.17, 15) is 13.5 Å². The molecule has 24 heavy (non-hydrogen) atoms. The van der Waals surface area contributed by atoms with Crippen molar-refractivity contribution in [1.82, 2.24) is 15.4 Å². The third kappa shape index (κ3) is 3.05. The normalized spacial score (nSPS) is 11.7. The minimum Gasteiger partial charge on any atom is -0.506 e. The van der Waals surface area contributed by atoms with Crippen molar-refractivity contribution in [3.63, 3.8) is 0 Å². The van der Waals surface area contributed by atoms with E-state index in [0.29, 0.717) is 23.0 Å². The van der Waals surface area contributed by atoms with E-state index >= 15 is 0 Å². The Bertz CT molecular complexity index is 966. The number of hydrogen-bond donors (Lipinski definition) is 2. The van der Waals surface area contributed by atoms with Gasteiger partial charge in [0, 0.05) is 0 Å². The van der Waals surface area contributed by atoms with Gasteiger partial charge in [0.15, 0.2) is 16.2 Å². The van der Waals surface area contributed by atoms with E-state index in [-0.39, 0.29) is 16.4 Å². The van der Waals surface area contributed by atoms with Crippen molar-refractivity contribution in [3.05, 3.63) is 42.0 Å². The van der Waals surface area contributed by atoms with Crippen LogP contribution in [0.3, 0.4) is 0 Å². The minimum absolute atomic E-state index is 0.0611. The zero-order valence-electron chi connectivity index (χ0n) is 13.1. The monoisotopic (exact) mass is 347 g/mol. The SMILES string of the molecule is CCCCc1cccc(O)c1S(=O)(=O)Oc1cccc2[nH]nnc12. The van der Waals surface area contributed by atoms with Crippen LogP contribution in [0.25, 0.3) is 11.0 Å². The molecule has 2 aromatic carbocycles. The molecule has 0 aliphatic heterocycles. The Morgan fingerprint density at radius 1 is 1.21 bits per heavy atom. The van der Waals surface area contributed by atoms with Gasteiger partial charge in [-0.3, -0.25) is 5.10 Å². The molecule has 3 aromatic rings. The number of rotatable bonds is 6. The summed E-state index contributed by atoms with van der Waals surface area (Å²) in [6.45, 7) is 2.01. The molecule has 0 bridgehead atoms. The van der Waals surface area contributed by atoms with Gasteiger partial charge in [0.1, 0.15) is 5.75 Å². The molecule has 3 rings (SSSR count). The zero-order valence-corrected chi connectivity index (χ0v) is 13.9. The van der Waals surface area contributed by atoms with E-state index in [2.05, 4.69) is 15.4 Å². The lowest BCUT2D eigenvalue weighted by Gasteiger charge is -2.13. The molecule has 0 fully saturated rings. The number of aromatic nitrogens is 3. The predicted octanol–water partition coefficient (Wildman–Crippen LogP) is 2.77. The van der Waals surface area contributed by atoms with Gasteiger partial charge in [-0.1, -0.05) is 36.8 Å². The summed E-state index contributed by atoms with van der Waals surface area (Å²) in [5, 5.41) is 20.2. The largest absolute Gasteiger partial charge is 0.506 e. The Balaban J connectivity index is 2.04. The molecule has 1 heterocycles. The van der Waals surface area contributed by atoms with Gasteiger partial charge in [0.25, 0.3) is 0 Å². The minimum atomic E-state index is -4.21. The standard InChI is InChI=1S/C16H17N3O4S/c1-2-3-6-11-7-4-9-13(20)16(11)24(21,22)23-14-10-5-8-12-15(14)18-19-17-12/h4-5,7-10,20H,2-3,6H2,1H3,(H,17,18,19). The van der Waals surface area contributed by atoms with E-state index in [1.165, 1.54) is 12.1 Å². The fraction of sp³-hybridized carbons (Fsp3) is 0.250. The molecule has 2 N–H and O–H groups in total. The number of aromatic hydroxyl groups is 1. The Morgan fingerprint density at radius 3 is 2.79 bits per heavy atom. The second kappa shape index (κ2) is 6.48. The number of hydrogen-bond acceptors (Lipinski definition) is 6. The molecule has 0 saturated carbocycles. The van der Waals surface area contributed by atoms with Crippen molar-refractivity contribution in [2.75, 3.05) is 0 Å². The molecule has 0 atom stereocenters. The van der Waals surface area contributed by atoms with Gasteiger partial charge in [0.05, 0.1) is 5.52 Å². The highest BCUT2D eigenvalue weighted by molar-refractivity contribution is 7.87. The van der Waals surface area contributed by atoms with Gasteiger partial charge in [-0.05, 0) is 36.6 Å². The zero-order chi connectivity index (χ0) is 17.2. The molecule has 0 aliphatic rings. The van der Waals surface area contributed by atoms with Crippen molar-refractivity contribution in [2.45, 2.75) is 31.1 Å². The molecule has 0 unspecified atom stereocenters. The third-order valence-corrected chi connectivity index (χ3v) is 5.01. The summed E-state index contributed by atoms with van der Waals surface area (Å²) in [5.41, 5.74) is 1.40. The maximum absolute atomic E-state index is 12.7. The van der Waals surface area contributed by atoms with E-state index in [4.69, 9.17) is 4.18 Å². The molecule has 0 radical (unpaired) electrons. The average molecular weight is 347 g/mol. The van der Waals surface area contributed by atoms with Crippen LogP contribution in [0.4, 0.5) is 0 Å². The highest BCUT2D eigenvalue weighted by Gasteiger charge is 2.26. The van der Waals surface area contributed by atoms with Crippen LogP contribution in [0.5, 0.6) is 11.5 Å². The number of H-pyrrole nitrogens is 1. The summed E-state index contributed by atoms with van der Waals surface area (Å²) < 4.78 is 30.7. The first-order valence-corrected chi connectivity index (χ1v) is 8.99. The molecule has 0 amide bonds. The van der Waals surface area contributed by atoms with Gasteiger partial charge in [0.2, 0.25) is 0 Å². The fourth-order valence-electron chi connectivity index (χ4n) is 2.50. The first kappa shape index (κ1) is 16.3. The highest BCUT2D eigenvalue weighted by atomic mass is 32.2. The third-order valence-electron chi connectivity index (χ3n) is 3.64. The van der Waals surface area contributed by atoms with Crippen LogP contribution in [-0.4, -0.2) is 28.9 Å². The Morgan fingerprint density at radius 2 is 2.00 bits per heavy atom. The van der Waals surface area contributed by atoms with Crippen LogP contribution in [0.15, 0.2) is 41.3 Å². The smallest absolute Gasteiger partial charge is 0.343 e. The van der Waals surface area contributed by atoms with Crippen molar-refractivity contribution < 1.29 is 17.7 Å². The van der Waals surface area contributed by atoms with E-state index < -0.39 is 10.1 Å². The lowest BCUT2D eigenvalue weighted by molar-refractivity contribution is 0.442. The average Bonchev–Trinajstić information content (AvgIpc) is 3.02. The number of phenolic OH excluding ortho intramolecular Hbond substituents is 1. The number of fused-ring (bicyclic) bond motifs is 1. The summed E-state index contributed by atoms with van der Waals surface area (Å²) in [5.74, 6) is -0.262. The molecule has 126 valence electrons. The van der Waals surface area contributed by atoms with Crippen molar-refractivity contribution in [3.8, 4) is 11.5 Å². The van der Waals surface area contributed by atoms with E-state index in [1.54, 1.807) is 24.3 Å². The summed E-state index contributed by atoms with van der Waals surface area (Å²) in [6, 6.07) is 9.48. The van der Waals surface area contributed by atoms with Gasteiger partial charge >= 0.3 is 10.1 Å². The molecule has 0 spiro atoms. The predicted molar refractivity (Wildman–Crippen MR) is 88.4 cm³/mol. The van der Waals surface area contributed by atoms with Gasteiger partial charge < -0.3 is 9.29 Å². The Kier molecular flexibility index (Phi) is 4.39. The number of aryl methyl sites for hydroxylation is 1. The van der Waals surface area contributed by atoms with Gasteiger partial charge in [-0.25, -0.2) is 0 Å². The number of aromatic amines is 1. The van der Waals surface area contributed by atoms with E-state index in [1.807, 2.05) is 6.92 Å². The summed E-state index contributed by atoms with van der Waals surface area (Å²) >= 11 is 0. The van der Waals surface area contributed by atoms with Crippen molar-refractivity contribution in [1.29, 1.82) is 0 Å². The number of nitrogens with zero attached hydrogens (tertiary/aromatic N) is 2. The molecule has 7 nitrogen and oxygen atoms in total. The number of phenols is 1. The number of unbranched alkanes of at least 4 members (excludes halogenated alkanes) is 1. The van der Waals surface area contributed by atoms with Crippen molar-refractivity contribution >= 4 is 21.2 Å². The van der Waals surface area contributed by atoms with E-state index in [0.717, 1.165) is 12.8 Å². The van der Waals surface area contributed by atoms with Crippen LogP contribution in [0.1, 0.15) is 25.3 Å². The van der Waals surface area contributed by atoms with Crippen LogP contribution in [0.2, 0.25) is 0 Å². The second-order valence-electron chi connectivity index (χ2n) is 5.37. The Hall–Kier alpha value is -2.61. The lowest BCUT2D eigenvalue weighted by atomic mass is 10.1. The molecule has 8 heteroatoms. The van der Waals surface area contributed by atoms with Gasteiger partial charge in [-0.15, -0.1) is 5.10 Å². The lowest BCUT2D eigenvalue weighted by Crippen LogP contribution is -2.13. The molecular weight excluding hydrogens is 330 g/mol. The molecule has 0 aliphatic carbocycles. The molecule has 0 saturated heterocycles. The molecule has 1 aromatic heterocycles. The summed E-state index contributed by atoms with van der Waals surface area (Å²) in [6.07, 6.45) is 2.26. The van der Waals surface area contributed by atoms with Gasteiger partial charge in [-0.2, -0.15) is 8.42 Å². The highest BCUT2D eigenvalue weighted by Crippen LogP contribution is 2.32. The van der Waals surface area contributed by atoms with Crippen LogP contribution in [0, 0.1) is 0 Å². The fourth-order valence-corrected chi connectivity index (χ4v) is 3.77. The van der Waals surface area contributed by atoms with Crippen LogP contribution < -0.4 is 4.18 Å². The van der Waals surface area contributed by atoms with Crippen LogP contribution >= 0.6 is 0 Å². The summed E-state index contributed by atoms with van der Waals surface area (Å²) in [7, 11) is -4.21. The first-order chi connectivity index (χ1) is 11.5. The topological polar surface area (TPSA) is 105 Å². The number of benzene rings is 2. The number of nitrogens with one attached hydrogen (secondary N) is 1. The van der Waals surface area contributed by atoms with Crippen LogP contribution in [-0.2, 0) is 16.5 Å². The quantitative estimate of drug-likeness (QED) is 0.664. The first-order valence-electron chi connectivity index (χ1n) is 7.58. The maximum atomic E-state index is 12.7. The molecular formula is C16H17N3O4S. The summed E-state index contributed by atoms with van der Waals surface area (Å²) in [4.78, 5) is -0.195. The maximum Gasteiger partial charge on any atom is 0.343 e.